The average Bonchev–Trinajstić information content (AvgIpc) is 2.52. The first kappa shape index (κ1) is 14.2. The van der Waals surface area contributed by atoms with Crippen molar-refractivity contribution < 1.29 is 9.66 Å². The number of nitriles is 1. The number of anilines is 1. The van der Waals surface area contributed by atoms with Crippen molar-refractivity contribution in [1.82, 2.24) is 4.98 Å². The smallest absolute Gasteiger partial charge is 0.312 e. The molecule has 1 aromatic carbocycles. The third-order valence-electron chi connectivity index (χ3n) is 2.65. The summed E-state index contributed by atoms with van der Waals surface area (Å²) in [5.41, 5.74) is 3.10. The molecule has 21 heavy (non-hydrogen) atoms. The van der Waals surface area contributed by atoms with Gasteiger partial charge < -0.3 is 10.2 Å². The van der Waals surface area contributed by atoms with Gasteiger partial charge >= 0.3 is 5.69 Å². The van der Waals surface area contributed by atoms with Crippen LogP contribution in [-0.2, 0) is 6.61 Å². The molecule has 0 saturated carbocycles. The molecule has 1 heterocycles. The highest BCUT2D eigenvalue weighted by Crippen LogP contribution is 2.28. The zero-order valence-corrected chi connectivity index (χ0v) is 10.8. The summed E-state index contributed by atoms with van der Waals surface area (Å²) in [4.78, 5) is 14.3. The van der Waals surface area contributed by atoms with Crippen LogP contribution in [0.1, 0.15) is 11.1 Å². The molecule has 0 spiro atoms. The van der Waals surface area contributed by atoms with E-state index in [0.29, 0.717) is 5.82 Å². The number of nitrogens with two attached hydrogens (primary N) is 1. The van der Waals surface area contributed by atoms with Crippen LogP contribution < -0.4 is 16.0 Å². The van der Waals surface area contributed by atoms with Crippen molar-refractivity contribution in [2.24, 2.45) is 5.84 Å². The molecule has 2 rings (SSSR count). The maximum absolute atomic E-state index is 11.0. The molecule has 2 aromatic rings. The number of nitrogens with one attached hydrogen (secondary N) is 1. The van der Waals surface area contributed by atoms with E-state index >= 15 is 0 Å². The number of ether oxygens (including phenoxy) is 1. The van der Waals surface area contributed by atoms with E-state index in [2.05, 4.69) is 10.4 Å². The van der Waals surface area contributed by atoms with E-state index in [4.69, 9.17) is 15.8 Å². The van der Waals surface area contributed by atoms with E-state index in [1.54, 1.807) is 18.3 Å². The summed E-state index contributed by atoms with van der Waals surface area (Å²) >= 11 is 0. The molecule has 0 radical (unpaired) electrons. The van der Waals surface area contributed by atoms with Crippen molar-refractivity contribution in [2.75, 3.05) is 5.43 Å². The Morgan fingerprint density at radius 3 is 2.90 bits per heavy atom. The molecule has 106 valence electrons. The van der Waals surface area contributed by atoms with Gasteiger partial charge in [-0.25, -0.2) is 10.8 Å². The Morgan fingerprint density at radius 2 is 2.24 bits per heavy atom. The zero-order valence-electron chi connectivity index (χ0n) is 10.8. The summed E-state index contributed by atoms with van der Waals surface area (Å²) in [6, 6.07) is 9.25. The number of pyridine rings is 1. The molecule has 0 unspecified atom stereocenters. The summed E-state index contributed by atoms with van der Waals surface area (Å²) in [6.45, 7) is 0.115. The van der Waals surface area contributed by atoms with Crippen LogP contribution in [0.4, 0.5) is 11.5 Å². The number of benzene rings is 1. The summed E-state index contributed by atoms with van der Waals surface area (Å²) in [5.74, 6) is 5.81. The first-order valence-corrected chi connectivity index (χ1v) is 5.87. The van der Waals surface area contributed by atoms with Gasteiger partial charge in [0.1, 0.15) is 12.4 Å². The molecule has 0 aliphatic heterocycles. The van der Waals surface area contributed by atoms with E-state index in [9.17, 15) is 10.1 Å². The van der Waals surface area contributed by atoms with Crippen molar-refractivity contribution in [3.8, 4) is 11.8 Å². The van der Waals surface area contributed by atoms with Gasteiger partial charge in [0.15, 0.2) is 5.75 Å². The quantitative estimate of drug-likeness (QED) is 0.486. The lowest BCUT2D eigenvalue weighted by molar-refractivity contribution is -0.386. The monoisotopic (exact) mass is 285 g/mol. The Kier molecular flexibility index (Phi) is 4.28. The van der Waals surface area contributed by atoms with Crippen LogP contribution in [0.2, 0.25) is 0 Å². The fraction of sp³-hybridized carbons (Fsp3) is 0.0769. The van der Waals surface area contributed by atoms with E-state index in [-0.39, 0.29) is 23.6 Å². The molecule has 8 nitrogen and oxygen atoms in total. The average molecular weight is 285 g/mol. The fourth-order valence-corrected chi connectivity index (χ4v) is 1.66. The Morgan fingerprint density at radius 1 is 1.43 bits per heavy atom. The number of rotatable bonds is 5. The normalized spacial score (nSPS) is 9.71. The largest absolute Gasteiger partial charge is 0.482 e. The van der Waals surface area contributed by atoms with Crippen molar-refractivity contribution >= 4 is 11.5 Å². The molecule has 1 aromatic heterocycles. The second kappa shape index (κ2) is 6.31. The molecule has 0 fully saturated rings. The maximum Gasteiger partial charge on any atom is 0.312 e. The molecule has 8 heteroatoms. The predicted molar refractivity (Wildman–Crippen MR) is 74.2 cm³/mol. The second-order valence-corrected chi connectivity index (χ2v) is 4.03. The SMILES string of the molecule is N#Cc1ccc(OCc2ccnc(NN)c2)c([N+](=O)[O-])c1. The number of aromatic nitrogens is 1. The molecule has 0 aliphatic rings. The lowest BCUT2D eigenvalue weighted by atomic mass is 10.2. The van der Waals surface area contributed by atoms with Crippen LogP contribution in [0, 0.1) is 21.4 Å². The number of nitro groups is 1. The number of hydrogen-bond donors (Lipinski definition) is 2. The molecule has 0 saturated heterocycles. The molecule has 3 N–H and O–H groups in total. The van der Waals surface area contributed by atoms with Crippen LogP contribution in [0.25, 0.3) is 0 Å². The van der Waals surface area contributed by atoms with Crippen LogP contribution in [-0.4, -0.2) is 9.91 Å². The molecule has 0 aliphatic carbocycles. The van der Waals surface area contributed by atoms with E-state index in [1.807, 2.05) is 6.07 Å². The van der Waals surface area contributed by atoms with E-state index < -0.39 is 4.92 Å². The molecular weight excluding hydrogens is 274 g/mol. The van der Waals surface area contributed by atoms with Crippen molar-refractivity contribution in [2.45, 2.75) is 6.61 Å². The van der Waals surface area contributed by atoms with Gasteiger partial charge in [0.25, 0.3) is 0 Å². The Hall–Kier alpha value is -3.18. The van der Waals surface area contributed by atoms with Crippen LogP contribution in [0.5, 0.6) is 5.75 Å². The standard InChI is InChI=1S/C13H11N5O3/c14-7-9-1-2-12(11(5-9)18(19)20)21-8-10-3-4-16-13(6-10)17-15/h1-6H,8,15H2,(H,16,17). The third kappa shape index (κ3) is 3.43. The van der Waals surface area contributed by atoms with Gasteiger partial charge in [-0.3, -0.25) is 10.1 Å². The zero-order chi connectivity index (χ0) is 15.2. The van der Waals surface area contributed by atoms with Gasteiger partial charge in [0, 0.05) is 12.3 Å². The van der Waals surface area contributed by atoms with Crippen LogP contribution in [0.3, 0.4) is 0 Å². The minimum Gasteiger partial charge on any atom is -0.482 e. The van der Waals surface area contributed by atoms with Gasteiger partial charge in [-0.15, -0.1) is 0 Å². The first-order valence-electron chi connectivity index (χ1n) is 5.87. The Bertz CT molecular complexity index is 711. The summed E-state index contributed by atoms with van der Waals surface area (Å²) in [5, 5.41) is 19.7. The molecule has 0 amide bonds. The minimum absolute atomic E-state index is 0.0954. The lowest BCUT2D eigenvalue weighted by Crippen LogP contribution is -2.09. The van der Waals surface area contributed by atoms with Gasteiger partial charge in [-0.2, -0.15) is 5.26 Å². The number of nitro benzene ring substituents is 1. The summed E-state index contributed by atoms with van der Waals surface area (Å²) in [7, 11) is 0. The van der Waals surface area contributed by atoms with Crippen molar-refractivity contribution in [1.29, 1.82) is 5.26 Å². The fourth-order valence-electron chi connectivity index (χ4n) is 1.66. The van der Waals surface area contributed by atoms with Crippen molar-refractivity contribution in [3.05, 3.63) is 57.8 Å². The predicted octanol–water partition coefficient (Wildman–Crippen LogP) is 1.73. The van der Waals surface area contributed by atoms with Crippen LogP contribution in [0.15, 0.2) is 36.5 Å². The Balaban J connectivity index is 2.19. The summed E-state index contributed by atoms with van der Waals surface area (Å²) in [6.07, 6.45) is 1.54. The second-order valence-electron chi connectivity index (χ2n) is 4.03. The number of hydrogen-bond acceptors (Lipinski definition) is 7. The number of nitrogen functional groups attached to an aromatic ring is 1. The van der Waals surface area contributed by atoms with Crippen molar-refractivity contribution in [3.63, 3.8) is 0 Å². The highest BCUT2D eigenvalue weighted by Gasteiger charge is 2.16. The van der Waals surface area contributed by atoms with E-state index in [1.165, 1.54) is 18.2 Å². The highest BCUT2D eigenvalue weighted by atomic mass is 16.6. The van der Waals surface area contributed by atoms with E-state index in [0.717, 1.165) is 5.56 Å². The minimum atomic E-state index is -0.588. The van der Waals surface area contributed by atoms with Gasteiger partial charge in [0.05, 0.1) is 16.6 Å². The Labute approximate surface area is 119 Å². The van der Waals surface area contributed by atoms with Crippen LogP contribution >= 0.6 is 0 Å². The summed E-state index contributed by atoms with van der Waals surface area (Å²) < 4.78 is 5.44. The molecular formula is C13H11N5O3. The molecule has 0 atom stereocenters. The van der Waals surface area contributed by atoms with Gasteiger partial charge in [0.2, 0.25) is 0 Å². The highest BCUT2D eigenvalue weighted by molar-refractivity contribution is 5.51. The molecule has 0 bridgehead atoms. The third-order valence-corrected chi connectivity index (χ3v) is 2.65. The van der Waals surface area contributed by atoms with Gasteiger partial charge in [-0.1, -0.05) is 0 Å². The topological polar surface area (TPSA) is 127 Å². The lowest BCUT2D eigenvalue weighted by Gasteiger charge is -2.08. The maximum atomic E-state index is 11.0. The number of nitrogens with zero attached hydrogens (tertiary/aromatic N) is 3. The first-order chi connectivity index (χ1) is 10.1. The van der Waals surface area contributed by atoms with Gasteiger partial charge in [-0.05, 0) is 29.8 Å². The number of hydrazine groups is 1.